The molecular formula is C15H28OS. The summed E-state index contributed by atoms with van der Waals surface area (Å²) in [5.74, 6) is 0.980. The van der Waals surface area contributed by atoms with Crippen molar-refractivity contribution in [3.8, 4) is 0 Å². The van der Waals surface area contributed by atoms with Gasteiger partial charge in [0.1, 0.15) is 0 Å². The molecule has 0 heterocycles. The number of thioether (sulfide) groups is 1. The summed E-state index contributed by atoms with van der Waals surface area (Å²) in [5, 5.41) is 0.231. The lowest BCUT2D eigenvalue weighted by atomic mass is 10.1. The molecule has 0 aromatic heterocycles. The largest absolute Gasteiger partial charge is 0.282 e. The topological polar surface area (TPSA) is 17.1 Å². The van der Waals surface area contributed by atoms with Crippen LogP contribution in [0, 0.1) is 0 Å². The molecule has 100 valence electrons. The molecule has 0 rings (SSSR count). The maximum absolute atomic E-state index is 11.4. The van der Waals surface area contributed by atoms with Crippen LogP contribution in [0.4, 0.5) is 0 Å². The van der Waals surface area contributed by atoms with E-state index >= 15 is 0 Å². The van der Waals surface area contributed by atoms with Crippen molar-refractivity contribution >= 4 is 16.9 Å². The number of allylic oxidation sites excluding steroid dienone is 1. The number of carbonyl (C=O) groups is 1. The van der Waals surface area contributed by atoms with Gasteiger partial charge in [0.05, 0.1) is 0 Å². The quantitative estimate of drug-likeness (QED) is 0.366. The molecule has 0 spiro atoms. The van der Waals surface area contributed by atoms with E-state index in [0.717, 1.165) is 18.6 Å². The fourth-order valence-electron chi connectivity index (χ4n) is 1.62. The van der Waals surface area contributed by atoms with Gasteiger partial charge in [-0.25, -0.2) is 0 Å². The van der Waals surface area contributed by atoms with E-state index in [9.17, 15) is 4.79 Å². The average Bonchev–Trinajstić information content (AvgIpc) is 2.33. The van der Waals surface area contributed by atoms with Crippen molar-refractivity contribution in [2.75, 3.05) is 5.75 Å². The normalized spacial score (nSPS) is 11.2. The second-order valence-corrected chi connectivity index (χ2v) is 5.58. The van der Waals surface area contributed by atoms with Crippen LogP contribution >= 0.6 is 11.8 Å². The summed E-state index contributed by atoms with van der Waals surface area (Å²) in [7, 11) is 0. The zero-order valence-corrected chi connectivity index (χ0v) is 12.4. The van der Waals surface area contributed by atoms with Gasteiger partial charge in [-0.05, 0) is 25.3 Å². The van der Waals surface area contributed by atoms with Crippen molar-refractivity contribution in [3.63, 3.8) is 0 Å². The minimum Gasteiger partial charge on any atom is -0.282 e. The molecule has 2 heteroatoms. The Morgan fingerprint density at radius 3 is 2.29 bits per heavy atom. The maximum Gasteiger partial charge on any atom is 0.211 e. The molecule has 0 aliphatic rings. The van der Waals surface area contributed by atoms with Gasteiger partial charge in [0.25, 0.3) is 0 Å². The van der Waals surface area contributed by atoms with Gasteiger partial charge in [0, 0.05) is 5.75 Å². The van der Waals surface area contributed by atoms with Crippen LogP contribution in [0.15, 0.2) is 12.2 Å². The zero-order valence-electron chi connectivity index (χ0n) is 11.5. The first-order chi connectivity index (χ1) is 8.31. The van der Waals surface area contributed by atoms with Gasteiger partial charge in [-0.15, -0.1) is 0 Å². The van der Waals surface area contributed by atoms with Crippen LogP contribution in [0.2, 0.25) is 0 Å². The van der Waals surface area contributed by atoms with Crippen molar-refractivity contribution < 1.29 is 4.79 Å². The van der Waals surface area contributed by atoms with E-state index in [2.05, 4.69) is 13.8 Å². The van der Waals surface area contributed by atoms with Gasteiger partial charge in [-0.3, -0.25) is 4.79 Å². The highest BCUT2D eigenvalue weighted by molar-refractivity contribution is 8.14. The maximum atomic E-state index is 11.4. The smallest absolute Gasteiger partial charge is 0.211 e. The molecule has 0 saturated heterocycles. The highest BCUT2D eigenvalue weighted by Gasteiger charge is 1.96. The molecule has 0 N–H and O–H groups in total. The molecule has 0 aliphatic heterocycles. The number of hydrogen-bond donors (Lipinski definition) is 0. The van der Waals surface area contributed by atoms with Crippen LogP contribution in [-0.4, -0.2) is 10.9 Å². The summed E-state index contributed by atoms with van der Waals surface area (Å²) in [6.45, 7) is 4.42. The molecule has 0 radical (unpaired) electrons. The van der Waals surface area contributed by atoms with Crippen LogP contribution in [0.3, 0.4) is 0 Å². The van der Waals surface area contributed by atoms with Crippen molar-refractivity contribution in [1.82, 2.24) is 0 Å². The summed E-state index contributed by atoms with van der Waals surface area (Å²) >= 11 is 1.46. The molecule has 0 atom stereocenters. The molecule has 0 saturated carbocycles. The molecule has 0 fully saturated rings. The van der Waals surface area contributed by atoms with Crippen molar-refractivity contribution in [3.05, 3.63) is 12.2 Å². The molecule has 0 amide bonds. The van der Waals surface area contributed by atoms with E-state index in [0.29, 0.717) is 0 Å². The van der Waals surface area contributed by atoms with Crippen molar-refractivity contribution in [2.24, 2.45) is 0 Å². The van der Waals surface area contributed by atoms with E-state index in [4.69, 9.17) is 0 Å². The summed E-state index contributed by atoms with van der Waals surface area (Å²) < 4.78 is 0. The standard InChI is InChI=1S/C15H28OS/c1-3-5-7-8-9-10-11-13-15(16)17-14-12-6-4-2/h11,13H,3-10,12,14H2,1-2H3. The molecule has 1 nitrogen and oxygen atoms in total. The predicted octanol–water partition coefficient (Wildman–Crippen LogP) is 5.35. The van der Waals surface area contributed by atoms with Crippen LogP contribution in [0.25, 0.3) is 0 Å². The number of carbonyl (C=O) groups excluding carboxylic acids is 1. The first-order valence-electron chi connectivity index (χ1n) is 7.14. The minimum absolute atomic E-state index is 0.231. The van der Waals surface area contributed by atoms with Gasteiger partial charge in [0.15, 0.2) is 0 Å². The van der Waals surface area contributed by atoms with E-state index in [-0.39, 0.29) is 5.12 Å². The van der Waals surface area contributed by atoms with Crippen molar-refractivity contribution in [1.29, 1.82) is 0 Å². The van der Waals surface area contributed by atoms with E-state index < -0.39 is 0 Å². The fraction of sp³-hybridized carbons (Fsp3) is 0.800. The Labute approximate surface area is 111 Å². The van der Waals surface area contributed by atoms with Crippen LogP contribution in [0.5, 0.6) is 0 Å². The van der Waals surface area contributed by atoms with Crippen molar-refractivity contribution in [2.45, 2.75) is 71.6 Å². The highest BCUT2D eigenvalue weighted by Crippen LogP contribution is 2.09. The Bertz CT molecular complexity index is 199. The number of rotatable bonds is 11. The Morgan fingerprint density at radius 2 is 1.59 bits per heavy atom. The molecule has 0 aromatic carbocycles. The van der Waals surface area contributed by atoms with Gasteiger partial charge < -0.3 is 0 Å². The third kappa shape index (κ3) is 13.7. The third-order valence-electron chi connectivity index (χ3n) is 2.72. The second kappa shape index (κ2) is 13.8. The Hall–Kier alpha value is -0.240. The summed E-state index contributed by atoms with van der Waals surface area (Å²) in [4.78, 5) is 11.4. The Balaban J connectivity index is 3.28. The predicted molar refractivity (Wildman–Crippen MR) is 79.5 cm³/mol. The van der Waals surface area contributed by atoms with Crippen LogP contribution < -0.4 is 0 Å². The monoisotopic (exact) mass is 256 g/mol. The Kier molecular flexibility index (Phi) is 13.6. The zero-order chi connectivity index (χ0) is 12.8. The minimum atomic E-state index is 0.231. The van der Waals surface area contributed by atoms with Gasteiger partial charge in [-0.2, -0.15) is 0 Å². The number of unbranched alkanes of at least 4 members (excludes halogenated alkanes) is 7. The molecule has 0 unspecified atom stereocenters. The lowest BCUT2D eigenvalue weighted by Gasteiger charge is -1.97. The highest BCUT2D eigenvalue weighted by atomic mass is 32.2. The first-order valence-corrected chi connectivity index (χ1v) is 8.13. The summed E-state index contributed by atoms with van der Waals surface area (Å²) in [6.07, 6.45) is 15.0. The average molecular weight is 256 g/mol. The van der Waals surface area contributed by atoms with E-state index in [1.807, 2.05) is 6.08 Å². The lowest BCUT2D eigenvalue weighted by molar-refractivity contribution is -0.107. The van der Waals surface area contributed by atoms with Gasteiger partial charge in [-0.1, -0.05) is 70.2 Å². The molecule has 0 aliphatic carbocycles. The Morgan fingerprint density at radius 1 is 0.941 bits per heavy atom. The van der Waals surface area contributed by atoms with E-state index in [1.54, 1.807) is 6.08 Å². The van der Waals surface area contributed by atoms with Gasteiger partial charge >= 0.3 is 0 Å². The lowest BCUT2D eigenvalue weighted by Crippen LogP contribution is -1.88. The third-order valence-corrected chi connectivity index (χ3v) is 3.63. The molecule has 17 heavy (non-hydrogen) atoms. The number of hydrogen-bond acceptors (Lipinski definition) is 2. The molecular weight excluding hydrogens is 228 g/mol. The SMILES string of the molecule is CCCCCCCC=CC(=O)SCCCCC. The first kappa shape index (κ1) is 16.8. The summed E-state index contributed by atoms with van der Waals surface area (Å²) in [6, 6.07) is 0. The second-order valence-electron chi connectivity index (χ2n) is 4.48. The van der Waals surface area contributed by atoms with E-state index in [1.165, 1.54) is 56.7 Å². The fourth-order valence-corrected chi connectivity index (χ4v) is 2.36. The van der Waals surface area contributed by atoms with Crippen LogP contribution in [-0.2, 0) is 4.79 Å². The van der Waals surface area contributed by atoms with Crippen LogP contribution in [0.1, 0.15) is 71.6 Å². The molecule has 0 aromatic rings. The molecule has 0 bridgehead atoms. The van der Waals surface area contributed by atoms with Gasteiger partial charge in [0.2, 0.25) is 5.12 Å². The summed E-state index contributed by atoms with van der Waals surface area (Å²) in [5.41, 5.74) is 0.